The number of rotatable bonds is 4. The van der Waals surface area contributed by atoms with Crippen molar-refractivity contribution in [2.24, 2.45) is 0 Å². The summed E-state index contributed by atoms with van der Waals surface area (Å²) in [5.74, 6) is -0.000342. The van der Waals surface area contributed by atoms with Gasteiger partial charge in [0.05, 0.1) is 17.4 Å². The van der Waals surface area contributed by atoms with E-state index in [0.29, 0.717) is 26.9 Å². The lowest BCUT2D eigenvalue weighted by molar-refractivity contribution is -0.385. The minimum atomic E-state index is -0.480. The van der Waals surface area contributed by atoms with E-state index in [1.165, 1.54) is 40.2 Å². The molecule has 0 unspecified atom stereocenters. The van der Waals surface area contributed by atoms with Crippen LogP contribution in [0.1, 0.15) is 26.8 Å². The van der Waals surface area contributed by atoms with Crippen LogP contribution in [-0.2, 0) is 11.3 Å². The Hall–Kier alpha value is -3.41. The maximum Gasteiger partial charge on any atom is 0.348 e. The average Bonchev–Trinajstić information content (AvgIpc) is 3.29. The Morgan fingerprint density at radius 3 is 2.81 bits per heavy atom. The van der Waals surface area contributed by atoms with Crippen molar-refractivity contribution in [1.82, 2.24) is 29.4 Å². The van der Waals surface area contributed by atoms with Gasteiger partial charge in [0, 0.05) is 0 Å². The van der Waals surface area contributed by atoms with Gasteiger partial charge in [-0.1, -0.05) is 0 Å². The highest BCUT2D eigenvalue weighted by Gasteiger charge is 2.21. The molecule has 0 aromatic carbocycles. The van der Waals surface area contributed by atoms with Crippen LogP contribution in [0.4, 0.5) is 5.69 Å². The zero-order valence-corrected chi connectivity index (χ0v) is 15.4. The molecular formula is C15H13N7O4S. The molecule has 0 atom stereocenters. The predicted octanol–water partition coefficient (Wildman–Crippen LogP) is 1.90. The zero-order chi connectivity index (χ0) is 19.3. The monoisotopic (exact) mass is 387 g/mol. The number of esters is 1. The van der Waals surface area contributed by atoms with Gasteiger partial charge < -0.3 is 4.74 Å². The maximum absolute atomic E-state index is 11.9. The van der Waals surface area contributed by atoms with Gasteiger partial charge in [-0.2, -0.15) is 5.10 Å². The van der Waals surface area contributed by atoms with E-state index in [2.05, 4.69) is 20.2 Å². The van der Waals surface area contributed by atoms with Crippen molar-refractivity contribution >= 4 is 38.9 Å². The number of ether oxygens (including phenoxy) is 1. The van der Waals surface area contributed by atoms with Crippen LogP contribution in [0.2, 0.25) is 0 Å². The highest BCUT2D eigenvalue weighted by Crippen LogP contribution is 2.32. The van der Waals surface area contributed by atoms with E-state index >= 15 is 0 Å². The fraction of sp³-hybridized carbons (Fsp3) is 0.267. The van der Waals surface area contributed by atoms with Gasteiger partial charge in [-0.3, -0.25) is 14.8 Å². The third-order valence-corrected chi connectivity index (χ3v) is 5.28. The summed E-state index contributed by atoms with van der Waals surface area (Å²) in [6.07, 6.45) is 2.86. The first-order valence-corrected chi connectivity index (χ1v) is 8.60. The van der Waals surface area contributed by atoms with Crippen LogP contribution < -0.4 is 0 Å². The molecule has 0 radical (unpaired) electrons. The van der Waals surface area contributed by atoms with Crippen LogP contribution in [0.25, 0.3) is 15.9 Å². The zero-order valence-electron chi connectivity index (χ0n) is 14.5. The largest absolute Gasteiger partial charge is 0.465 e. The molecule has 0 amide bonds. The van der Waals surface area contributed by atoms with E-state index in [1.54, 1.807) is 13.8 Å². The number of hydrogen-bond acceptors (Lipinski definition) is 9. The third kappa shape index (κ3) is 2.70. The Bertz CT molecular complexity index is 1220. The van der Waals surface area contributed by atoms with Crippen LogP contribution in [-0.4, -0.2) is 47.4 Å². The van der Waals surface area contributed by atoms with E-state index in [9.17, 15) is 14.9 Å². The summed E-state index contributed by atoms with van der Waals surface area (Å²) in [4.78, 5) is 32.4. The molecule has 11 nitrogen and oxygen atoms in total. The normalized spacial score (nSPS) is 11.4. The van der Waals surface area contributed by atoms with Crippen LogP contribution in [0.3, 0.4) is 0 Å². The van der Waals surface area contributed by atoms with E-state index in [-0.39, 0.29) is 12.2 Å². The number of carbonyl (C=O) groups excluding carboxylic acids is 1. The summed E-state index contributed by atoms with van der Waals surface area (Å²) < 4.78 is 7.75. The molecule has 0 fully saturated rings. The highest BCUT2D eigenvalue weighted by atomic mass is 32.1. The highest BCUT2D eigenvalue weighted by molar-refractivity contribution is 7.20. The molecule has 0 bridgehead atoms. The summed E-state index contributed by atoms with van der Waals surface area (Å²) >= 11 is 1.23. The van der Waals surface area contributed by atoms with Crippen molar-refractivity contribution < 1.29 is 14.5 Å². The molecular weight excluding hydrogens is 374 g/mol. The molecule has 0 saturated heterocycles. The van der Waals surface area contributed by atoms with Crippen molar-refractivity contribution in [3.05, 3.63) is 44.6 Å². The first kappa shape index (κ1) is 17.0. The number of fused-ring (bicyclic) bond motifs is 3. The molecule has 0 aliphatic heterocycles. The van der Waals surface area contributed by atoms with Gasteiger partial charge in [-0.05, 0) is 19.4 Å². The molecule has 0 N–H and O–H groups in total. The van der Waals surface area contributed by atoms with Crippen molar-refractivity contribution in [2.75, 3.05) is 7.11 Å². The van der Waals surface area contributed by atoms with Gasteiger partial charge in [0.1, 0.15) is 34.5 Å². The lowest BCUT2D eigenvalue weighted by Crippen LogP contribution is -2.02. The van der Waals surface area contributed by atoms with Crippen LogP contribution >= 0.6 is 11.3 Å². The van der Waals surface area contributed by atoms with Crippen molar-refractivity contribution in [2.45, 2.75) is 20.4 Å². The van der Waals surface area contributed by atoms with Crippen molar-refractivity contribution in [3.63, 3.8) is 0 Å². The first-order valence-electron chi connectivity index (χ1n) is 7.79. The molecule has 4 aromatic heterocycles. The predicted molar refractivity (Wildman–Crippen MR) is 95.0 cm³/mol. The topological polar surface area (TPSA) is 130 Å². The smallest absolute Gasteiger partial charge is 0.348 e. The second kappa shape index (κ2) is 6.09. The molecule has 4 aromatic rings. The number of nitro groups is 1. The Morgan fingerprint density at radius 1 is 1.37 bits per heavy atom. The number of nitrogens with zero attached hydrogens (tertiary/aromatic N) is 7. The fourth-order valence-electron chi connectivity index (χ4n) is 2.84. The number of carbonyl (C=O) groups is 1. The summed E-state index contributed by atoms with van der Waals surface area (Å²) in [6.45, 7) is 3.55. The molecule has 0 spiro atoms. The summed E-state index contributed by atoms with van der Waals surface area (Å²) in [6, 6.07) is 0. The Morgan fingerprint density at radius 2 is 2.15 bits per heavy atom. The van der Waals surface area contributed by atoms with E-state index in [1.807, 2.05) is 0 Å². The minimum Gasteiger partial charge on any atom is -0.465 e. The quantitative estimate of drug-likeness (QED) is 0.295. The molecule has 138 valence electrons. The number of aryl methyl sites for hydroxylation is 2. The first-order chi connectivity index (χ1) is 12.9. The van der Waals surface area contributed by atoms with Gasteiger partial charge in [0.25, 0.3) is 0 Å². The summed E-state index contributed by atoms with van der Waals surface area (Å²) in [7, 11) is 1.33. The van der Waals surface area contributed by atoms with Gasteiger partial charge in [-0.25, -0.2) is 19.3 Å². The number of methoxy groups -OCH3 is 1. The molecule has 0 aliphatic carbocycles. The lowest BCUT2D eigenvalue weighted by atomic mass is 10.2. The number of aromatic nitrogens is 6. The van der Waals surface area contributed by atoms with Crippen molar-refractivity contribution in [3.8, 4) is 0 Å². The standard InChI is InChI=1S/C15H13N7O4S/c1-7-11-13-17-10(5-20-4-9(22(24)25)8(2)18-20)19-21(13)6-16-14(11)27-12(7)15(23)26-3/h4,6H,5H2,1-3H3. The van der Waals surface area contributed by atoms with E-state index in [4.69, 9.17) is 4.74 Å². The Kier molecular flexibility index (Phi) is 3.84. The van der Waals surface area contributed by atoms with Gasteiger partial charge in [0.2, 0.25) is 0 Å². The molecule has 0 aliphatic rings. The van der Waals surface area contributed by atoms with Crippen LogP contribution in [0, 0.1) is 24.0 Å². The lowest BCUT2D eigenvalue weighted by Gasteiger charge is -1.96. The van der Waals surface area contributed by atoms with Crippen molar-refractivity contribution in [1.29, 1.82) is 0 Å². The van der Waals surface area contributed by atoms with Gasteiger partial charge in [-0.15, -0.1) is 16.4 Å². The van der Waals surface area contributed by atoms with E-state index < -0.39 is 10.9 Å². The van der Waals surface area contributed by atoms with E-state index in [0.717, 1.165) is 10.9 Å². The summed E-state index contributed by atoms with van der Waals surface area (Å²) in [5, 5.41) is 20.2. The second-order valence-corrected chi connectivity index (χ2v) is 6.82. The molecule has 27 heavy (non-hydrogen) atoms. The van der Waals surface area contributed by atoms with Gasteiger partial charge >= 0.3 is 11.7 Å². The van der Waals surface area contributed by atoms with Crippen LogP contribution in [0.15, 0.2) is 12.5 Å². The SMILES string of the molecule is COC(=O)c1sc2ncn3nc(Cn4cc([N+](=O)[O-])c(C)n4)nc3c2c1C. The molecule has 0 saturated carbocycles. The van der Waals surface area contributed by atoms with Crippen LogP contribution in [0.5, 0.6) is 0 Å². The molecule has 4 heterocycles. The molecule has 4 rings (SSSR count). The number of thiophene rings is 1. The maximum atomic E-state index is 11.9. The Balaban J connectivity index is 1.79. The second-order valence-electron chi connectivity index (χ2n) is 5.82. The third-order valence-electron chi connectivity index (χ3n) is 4.10. The van der Waals surface area contributed by atoms with Gasteiger partial charge in [0.15, 0.2) is 11.5 Å². The Labute approximate surface area is 155 Å². The summed E-state index contributed by atoms with van der Waals surface area (Å²) in [5.41, 5.74) is 1.55. The molecule has 12 heteroatoms. The average molecular weight is 387 g/mol. The minimum absolute atomic E-state index is 0.0563. The number of hydrogen-bond donors (Lipinski definition) is 0. The fourth-order valence-corrected chi connectivity index (χ4v) is 3.91.